The number of carbonyl (C=O) groups excluding carboxylic acids is 1. The van der Waals surface area contributed by atoms with E-state index in [-0.39, 0.29) is 12.1 Å². The first kappa shape index (κ1) is 16.1. The summed E-state index contributed by atoms with van der Waals surface area (Å²) in [6.07, 6.45) is 0. The van der Waals surface area contributed by atoms with Crippen LogP contribution in [0.15, 0.2) is 23.1 Å². The van der Waals surface area contributed by atoms with Gasteiger partial charge in [-0.3, -0.25) is 0 Å². The zero-order chi connectivity index (χ0) is 15.3. The number of nitriles is 1. The van der Waals surface area contributed by atoms with Crippen molar-refractivity contribution in [3.05, 3.63) is 29.6 Å². The molecule has 108 valence electrons. The molecule has 0 heterocycles. The van der Waals surface area contributed by atoms with Crippen LogP contribution in [0.1, 0.15) is 17.3 Å². The Balaban J connectivity index is 3.20. The fraction of sp³-hybridized carbons (Fsp3) is 0.333. The lowest BCUT2D eigenvalue weighted by molar-refractivity contribution is 0.0596. The molecule has 1 N–H and O–H groups in total. The molecule has 1 aromatic carbocycles. The quantitative estimate of drug-likeness (QED) is 0.820. The van der Waals surface area contributed by atoms with Gasteiger partial charge in [-0.25, -0.2) is 22.3 Å². The summed E-state index contributed by atoms with van der Waals surface area (Å²) in [6, 6.07) is 4.58. The Morgan fingerprint density at radius 3 is 2.75 bits per heavy atom. The Bertz CT molecular complexity index is 652. The summed E-state index contributed by atoms with van der Waals surface area (Å²) in [5.41, 5.74) is -0.272. The van der Waals surface area contributed by atoms with E-state index in [1.54, 1.807) is 0 Å². The molecule has 0 fully saturated rings. The van der Waals surface area contributed by atoms with E-state index in [0.717, 1.165) is 25.3 Å². The van der Waals surface area contributed by atoms with Gasteiger partial charge in [0.05, 0.1) is 29.6 Å². The predicted molar refractivity (Wildman–Crippen MR) is 67.7 cm³/mol. The van der Waals surface area contributed by atoms with E-state index in [1.807, 2.05) is 6.07 Å². The first-order valence-electron chi connectivity index (χ1n) is 5.59. The highest BCUT2D eigenvalue weighted by atomic mass is 32.2. The maximum Gasteiger partial charge on any atom is 0.339 e. The highest BCUT2D eigenvalue weighted by Gasteiger charge is 2.24. The van der Waals surface area contributed by atoms with Crippen LogP contribution in [0, 0.1) is 23.1 Å². The third-order valence-corrected chi connectivity index (χ3v) is 3.90. The first-order chi connectivity index (χ1) is 9.31. The number of methoxy groups -OCH3 is 1. The summed E-state index contributed by atoms with van der Waals surface area (Å²) >= 11 is 0. The lowest BCUT2D eigenvalue weighted by Crippen LogP contribution is -2.29. The number of ether oxygens (including phenoxy) is 1. The van der Waals surface area contributed by atoms with Crippen molar-refractivity contribution < 1.29 is 22.3 Å². The monoisotopic (exact) mass is 300 g/mol. The molecule has 0 aliphatic rings. The number of sulfonamides is 1. The molecule has 0 radical (unpaired) electrons. The van der Waals surface area contributed by atoms with E-state index >= 15 is 0 Å². The number of benzene rings is 1. The van der Waals surface area contributed by atoms with Gasteiger partial charge in [0, 0.05) is 6.54 Å². The van der Waals surface area contributed by atoms with E-state index in [4.69, 9.17) is 5.26 Å². The van der Waals surface area contributed by atoms with Crippen molar-refractivity contribution in [3.8, 4) is 6.07 Å². The molecule has 1 atom stereocenters. The second-order valence-electron chi connectivity index (χ2n) is 4.01. The minimum Gasteiger partial charge on any atom is -0.465 e. The molecule has 0 spiro atoms. The van der Waals surface area contributed by atoms with Gasteiger partial charge in [-0.05, 0) is 25.1 Å². The van der Waals surface area contributed by atoms with Gasteiger partial charge in [-0.15, -0.1) is 0 Å². The van der Waals surface area contributed by atoms with Crippen molar-refractivity contribution >= 4 is 16.0 Å². The summed E-state index contributed by atoms with van der Waals surface area (Å²) in [5.74, 6) is -2.25. The molecule has 6 nitrogen and oxygen atoms in total. The number of esters is 1. The molecule has 0 aromatic heterocycles. The van der Waals surface area contributed by atoms with Gasteiger partial charge in [0.15, 0.2) is 0 Å². The number of carbonyl (C=O) groups is 1. The Kier molecular flexibility index (Phi) is 5.19. The molecular weight excluding hydrogens is 287 g/mol. The summed E-state index contributed by atoms with van der Waals surface area (Å²) < 4.78 is 43.9. The van der Waals surface area contributed by atoms with Crippen LogP contribution in [0.3, 0.4) is 0 Å². The van der Waals surface area contributed by atoms with Crippen LogP contribution in [-0.2, 0) is 14.8 Å². The summed E-state index contributed by atoms with van der Waals surface area (Å²) in [4.78, 5) is 11.0. The van der Waals surface area contributed by atoms with Gasteiger partial charge in [0.1, 0.15) is 5.82 Å². The zero-order valence-electron chi connectivity index (χ0n) is 10.9. The molecule has 20 heavy (non-hydrogen) atoms. The number of rotatable bonds is 5. The van der Waals surface area contributed by atoms with Crippen LogP contribution in [0.2, 0.25) is 0 Å². The molecule has 0 bridgehead atoms. The Morgan fingerprint density at radius 2 is 2.20 bits per heavy atom. The maximum atomic E-state index is 13.2. The molecule has 0 aliphatic heterocycles. The maximum absolute atomic E-state index is 13.2. The predicted octanol–water partition coefficient (Wildman–Crippen LogP) is 1.05. The zero-order valence-corrected chi connectivity index (χ0v) is 11.7. The van der Waals surface area contributed by atoms with E-state index in [0.29, 0.717) is 0 Å². The molecule has 0 saturated heterocycles. The number of hydrogen-bond acceptors (Lipinski definition) is 5. The summed E-state index contributed by atoms with van der Waals surface area (Å²) in [7, 11) is -3.03. The lowest BCUT2D eigenvalue weighted by atomic mass is 10.2. The minimum atomic E-state index is -4.12. The minimum absolute atomic E-state index is 0.143. The largest absolute Gasteiger partial charge is 0.465 e. The normalized spacial score (nSPS) is 12.5. The van der Waals surface area contributed by atoms with Gasteiger partial charge in [-0.2, -0.15) is 5.26 Å². The van der Waals surface area contributed by atoms with Gasteiger partial charge < -0.3 is 4.74 Å². The third-order valence-electron chi connectivity index (χ3n) is 2.44. The highest BCUT2D eigenvalue weighted by molar-refractivity contribution is 7.89. The number of halogens is 1. The second-order valence-corrected chi connectivity index (χ2v) is 5.75. The molecule has 1 unspecified atom stereocenters. The third kappa shape index (κ3) is 3.76. The van der Waals surface area contributed by atoms with Crippen LogP contribution in [0.25, 0.3) is 0 Å². The van der Waals surface area contributed by atoms with Crippen molar-refractivity contribution in [1.29, 1.82) is 5.26 Å². The van der Waals surface area contributed by atoms with Crippen molar-refractivity contribution in [1.82, 2.24) is 4.72 Å². The second kappa shape index (κ2) is 6.45. The Morgan fingerprint density at radius 1 is 1.55 bits per heavy atom. The summed E-state index contributed by atoms with van der Waals surface area (Å²) in [6.45, 7) is 1.38. The average molecular weight is 300 g/mol. The molecule has 1 rings (SSSR count). The van der Waals surface area contributed by atoms with E-state index in [9.17, 15) is 17.6 Å². The Labute approximate surface area is 116 Å². The van der Waals surface area contributed by atoms with Gasteiger partial charge in [0.2, 0.25) is 10.0 Å². The van der Waals surface area contributed by atoms with Crippen molar-refractivity contribution in [2.24, 2.45) is 5.92 Å². The topological polar surface area (TPSA) is 96.3 Å². The van der Waals surface area contributed by atoms with Gasteiger partial charge in [-0.1, -0.05) is 0 Å². The Hall–Kier alpha value is -1.98. The number of nitrogens with one attached hydrogen (secondary N) is 1. The lowest BCUT2D eigenvalue weighted by Gasteiger charge is -2.11. The SMILES string of the molecule is COC(=O)c1ccc(F)cc1S(=O)(=O)NCC(C)C#N. The van der Waals surface area contributed by atoms with Crippen molar-refractivity contribution in [2.75, 3.05) is 13.7 Å². The van der Waals surface area contributed by atoms with Crippen molar-refractivity contribution in [2.45, 2.75) is 11.8 Å². The number of hydrogen-bond donors (Lipinski definition) is 1. The molecule has 0 saturated carbocycles. The van der Waals surface area contributed by atoms with Gasteiger partial charge in [0.25, 0.3) is 0 Å². The molecule has 8 heteroatoms. The molecule has 1 aromatic rings. The fourth-order valence-electron chi connectivity index (χ4n) is 1.36. The van der Waals surface area contributed by atoms with Crippen LogP contribution < -0.4 is 4.72 Å². The van der Waals surface area contributed by atoms with E-state index in [2.05, 4.69) is 9.46 Å². The standard InChI is InChI=1S/C12H13FN2O4S/c1-8(6-14)7-15-20(17,18)11-5-9(13)3-4-10(11)12(16)19-2/h3-5,8,15H,7H2,1-2H3. The van der Waals surface area contributed by atoms with E-state index < -0.39 is 32.6 Å². The van der Waals surface area contributed by atoms with Crippen LogP contribution in [0.4, 0.5) is 4.39 Å². The molecule has 0 aliphatic carbocycles. The number of nitrogens with zero attached hydrogens (tertiary/aromatic N) is 1. The van der Waals surface area contributed by atoms with Crippen LogP contribution in [-0.4, -0.2) is 28.0 Å². The average Bonchev–Trinajstić information content (AvgIpc) is 2.43. The van der Waals surface area contributed by atoms with E-state index in [1.165, 1.54) is 6.92 Å². The van der Waals surface area contributed by atoms with Crippen molar-refractivity contribution in [3.63, 3.8) is 0 Å². The first-order valence-corrected chi connectivity index (χ1v) is 7.07. The smallest absolute Gasteiger partial charge is 0.339 e. The van der Waals surface area contributed by atoms with Crippen LogP contribution >= 0.6 is 0 Å². The highest BCUT2D eigenvalue weighted by Crippen LogP contribution is 2.18. The van der Waals surface area contributed by atoms with Crippen LogP contribution in [0.5, 0.6) is 0 Å². The molecular formula is C12H13FN2O4S. The van der Waals surface area contributed by atoms with Gasteiger partial charge >= 0.3 is 5.97 Å². The fourth-order valence-corrected chi connectivity index (χ4v) is 2.69. The summed E-state index contributed by atoms with van der Waals surface area (Å²) in [5, 5.41) is 8.61. The molecule has 0 amide bonds.